The summed E-state index contributed by atoms with van der Waals surface area (Å²) in [6.45, 7) is 2.11. The van der Waals surface area contributed by atoms with Gasteiger partial charge in [0.25, 0.3) is 0 Å². The van der Waals surface area contributed by atoms with Gasteiger partial charge in [-0.15, -0.1) is 35.3 Å². The maximum atomic E-state index is 13.9. The monoisotopic (exact) mass is 490 g/mol. The van der Waals surface area contributed by atoms with E-state index in [0.717, 1.165) is 24.5 Å². The molecule has 26 heavy (non-hydrogen) atoms. The van der Waals surface area contributed by atoms with Gasteiger partial charge in [0.05, 0.1) is 0 Å². The highest BCUT2D eigenvalue weighted by Crippen LogP contribution is 2.13. The number of hydrogen-bond donors (Lipinski definition) is 1. The lowest BCUT2D eigenvalue weighted by Crippen LogP contribution is -2.39. The van der Waals surface area contributed by atoms with Crippen molar-refractivity contribution in [1.82, 2.24) is 15.1 Å². The summed E-state index contributed by atoms with van der Waals surface area (Å²) in [5, 5.41) is 5.46. The molecular weight excluding hydrogens is 462 g/mol. The van der Waals surface area contributed by atoms with Crippen molar-refractivity contribution in [2.75, 3.05) is 34.7 Å². The molecule has 0 bridgehead atoms. The first kappa shape index (κ1) is 22.9. The molecule has 7 heteroatoms. The zero-order valence-electron chi connectivity index (χ0n) is 15.8. The molecule has 4 nitrogen and oxygen atoms in total. The van der Waals surface area contributed by atoms with Crippen LogP contribution in [0.5, 0.6) is 0 Å². The summed E-state index contributed by atoms with van der Waals surface area (Å²) in [6, 6.07) is 9.51. The van der Waals surface area contributed by atoms with E-state index in [1.807, 2.05) is 38.2 Å². The molecule has 2 rings (SSSR count). The molecule has 0 aliphatic rings. The number of rotatable bonds is 7. The fourth-order valence-electron chi connectivity index (χ4n) is 2.60. The van der Waals surface area contributed by atoms with Gasteiger partial charge in [-0.25, -0.2) is 4.39 Å². The Hall–Kier alpha value is -1.19. The van der Waals surface area contributed by atoms with Gasteiger partial charge >= 0.3 is 0 Å². The third kappa shape index (κ3) is 7.20. The van der Waals surface area contributed by atoms with E-state index in [4.69, 9.17) is 0 Å². The molecule has 1 heterocycles. The van der Waals surface area contributed by atoms with E-state index in [0.29, 0.717) is 18.7 Å². The SMILES string of the molecule is CN=C(NCc1ccc(F)c(CN(C)C)c1)N(C)CCc1cccs1.I. The van der Waals surface area contributed by atoms with Crippen molar-refractivity contribution in [2.24, 2.45) is 4.99 Å². The van der Waals surface area contributed by atoms with E-state index in [2.05, 4.69) is 32.7 Å². The molecule has 0 aliphatic heterocycles. The number of likely N-dealkylation sites (N-methyl/N-ethyl adjacent to an activating group) is 1. The Morgan fingerprint density at radius 3 is 2.62 bits per heavy atom. The minimum atomic E-state index is -0.158. The summed E-state index contributed by atoms with van der Waals surface area (Å²) in [4.78, 5) is 9.79. The Bertz CT molecular complexity index is 689. The van der Waals surface area contributed by atoms with Crippen molar-refractivity contribution in [3.8, 4) is 0 Å². The van der Waals surface area contributed by atoms with E-state index < -0.39 is 0 Å². The molecular formula is C19H28FIN4S. The highest BCUT2D eigenvalue weighted by atomic mass is 127. The van der Waals surface area contributed by atoms with Crippen LogP contribution in [0.4, 0.5) is 4.39 Å². The molecule has 0 spiro atoms. The van der Waals surface area contributed by atoms with Crippen LogP contribution in [0.2, 0.25) is 0 Å². The van der Waals surface area contributed by atoms with E-state index in [1.165, 1.54) is 4.88 Å². The summed E-state index contributed by atoms with van der Waals surface area (Å²) >= 11 is 1.78. The standard InChI is InChI=1S/C19H27FN4S.HI/c1-21-19(24(4)10-9-17-6-5-11-25-17)22-13-15-7-8-18(20)16(12-15)14-23(2)3;/h5-8,11-12H,9-10,13-14H2,1-4H3,(H,21,22);1H. The van der Waals surface area contributed by atoms with Gasteiger partial charge in [0, 0.05) is 44.2 Å². The van der Waals surface area contributed by atoms with Crippen LogP contribution in [0.25, 0.3) is 0 Å². The Labute approximate surface area is 177 Å². The molecule has 2 aromatic rings. The number of nitrogens with one attached hydrogen (secondary N) is 1. The average Bonchev–Trinajstić information content (AvgIpc) is 3.09. The summed E-state index contributed by atoms with van der Waals surface area (Å²) < 4.78 is 13.9. The summed E-state index contributed by atoms with van der Waals surface area (Å²) in [5.74, 6) is 0.685. The van der Waals surface area contributed by atoms with E-state index in [9.17, 15) is 4.39 Å². The number of guanidine groups is 1. The smallest absolute Gasteiger partial charge is 0.193 e. The first-order valence-corrected chi connectivity index (χ1v) is 9.23. The van der Waals surface area contributed by atoms with Crippen LogP contribution >= 0.6 is 35.3 Å². The van der Waals surface area contributed by atoms with Crippen LogP contribution in [0, 0.1) is 5.82 Å². The normalized spacial score (nSPS) is 11.4. The number of aliphatic imine (C=N–C) groups is 1. The number of thiophene rings is 1. The number of benzene rings is 1. The van der Waals surface area contributed by atoms with Crippen molar-refractivity contribution in [3.05, 3.63) is 57.5 Å². The highest BCUT2D eigenvalue weighted by molar-refractivity contribution is 14.0. The first-order chi connectivity index (χ1) is 12.0. The number of hydrogen-bond acceptors (Lipinski definition) is 3. The third-order valence-corrected chi connectivity index (χ3v) is 4.83. The lowest BCUT2D eigenvalue weighted by atomic mass is 10.1. The minimum Gasteiger partial charge on any atom is -0.352 e. The second-order valence-corrected chi connectivity index (χ2v) is 7.35. The maximum absolute atomic E-state index is 13.9. The van der Waals surface area contributed by atoms with Crippen LogP contribution in [0.3, 0.4) is 0 Å². The molecule has 0 unspecified atom stereocenters. The lowest BCUT2D eigenvalue weighted by molar-refractivity contribution is 0.392. The van der Waals surface area contributed by atoms with Gasteiger partial charge in [-0.05, 0) is 49.7 Å². The molecule has 0 amide bonds. The molecule has 1 N–H and O–H groups in total. The molecule has 144 valence electrons. The van der Waals surface area contributed by atoms with Crippen molar-refractivity contribution >= 4 is 41.3 Å². The number of halogens is 2. The van der Waals surface area contributed by atoms with Crippen LogP contribution in [0.15, 0.2) is 40.7 Å². The summed E-state index contributed by atoms with van der Waals surface area (Å²) in [5.41, 5.74) is 1.76. The molecule has 0 atom stereocenters. The maximum Gasteiger partial charge on any atom is 0.193 e. The average molecular weight is 490 g/mol. The van der Waals surface area contributed by atoms with Crippen molar-refractivity contribution < 1.29 is 4.39 Å². The van der Waals surface area contributed by atoms with Gasteiger partial charge in [-0.2, -0.15) is 0 Å². The van der Waals surface area contributed by atoms with Crippen LogP contribution < -0.4 is 5.32 Å². The van der Waals surface area contributed by atoms with E-state index in [1.54, 1.807) is 24.5 Å². The molecule has 0 saturated heterocycles. The fourth-order valence-corrected chi connectivity index (χ4v) is 3.30. The van der Waals surface area contributed by atoms with Gasteiger partial charge in [0.1, 0.15) is 5.82 Å². The fraction of sp³-hybridized carbons (Fsp3) is 0.421. The Morgan fingerprint density at radius 2 is 2.00 bits per heavy atom. The predicted molar refractivity (Wildman–Crippen MR) is 120 cm³/mol. The molecule has 0 fully saturated rings. The molecule has 0 radical (unpaired) electrons. The second kappa shape index (κ2) is 11.5. The van der Waals surface area contributed by atoms with Gasteiger partial charge in [-0.3, -0.25) is 4.99 Å². The molecule has 0 saturated carbocycles. The van der Waals surface area contributed by atoms with Gasteiger partial charge in [-0.1, -0.05) is 12.1 Å². The lowest BCUT2D eigenvalue weighted by Gasteiger charge is -2.22. The first-order valence-electron chi connectivity index (χ1n) is 8.35. The van der Waals surface area contributed by atoms with Crippen molar-refractivity contribution in [3.63, 3.8) is 0 Å². The summed E-state index contributed by atoms with van der Waals surface area (Å²) in [7, 11) is 7.70. The largest absolute Gasteiger partial charge is 0.352 e. The summed E-state index contributed by atoms with van der Waals surface area (Å²) in [6.07, 6.45) is 0.998. The Morgan fingerprint density at radius 1 is 1.23 bits per heavy atom. The van der Waals surface area contributed by atoms with Gasteiger partial charge in [0.2, 0.25) is 0 Å². The van der Waals surface area contributed by atoms with Crippen LogP contribution in [0.1, 0.15) is 16.0 Å². The van der Waals surface area contributed by atoms with Gasteiger partial charge in [0.15, 0.2) is 5.96 Å². The van der Waals surface area contributed by atoms with Gasteiger partial charge < -0.3 is 15.1 Å². The second-order valence-electron chi connectivity index (χ2n) is 6.32. The molecule has 1 aromatic heterocycles. The highest BCUT2D eigenvalue weighted by Gasteiger charge is 2.08. The van der Waals surface area contributed by atoms with E-state index >= 15 is 0 Å². The Balaban J connectivity index is 0.00000338. The minimum absolute atomic E-state index is 0. The molecule has 0 aliphatic carbocycles. The van der Waals surface area contributed by atoms with Crippen molar-refractivity contribution in [2.45, 2.75) is 19.5 Å². The van der Waals surface area contributed by atoms with Crippen molar-refractivity contribution in [1.29, 1.82) is 0 Å². The Kier molecular flexibility index (Phi) is 10.1. The zero-order chi connectivity index (χ0) is 18.2. The van der Waals surface area contributed by atoms with Crippen LogP contribution in [-0.2, 0) is 19.5 Å². The topological polar surface area (TPSA) is 30.9 Å². The quantitative estimate of drug-likeness (QED) is 0.364. The third-order valence-electron chi connectivity index (χ3n) is 3.89. The van der Waals surface area contributed by atoms with E-state index in [-0.39, 0.29) is 29.8 Å². The zero-order valence-corrected chi connectivity index (χ0v) is 19.0. The molecule has 1 aromatic carbocycles. The number of nitrogens with zero attached hydrogens (tertiary/aromatic N) is 3. The predicted octanol–water partition coefficient (Wildman–Crippen LogP) is 3.82. The van der Waals surface area contributed by atoms with Crippen LogP contribution in [-0.4, -0.2) is 50.5 Å².